The summed E-state index contributed by atoms with van der Waals surface area (Å²) in [5.74, 6) is -5.51. The molecule has 0 N–H and O–H groups in total. The second-order valence-corrected chi connectivity index (χ2v) is 1.81. The van der Waals surface area contributed by atoms with E-state index in [1.54, 1.807) is 4.74 Å². The number of alkyl halides is 7. The van der Waals surface area contributed by atoms with Gasteiger partial charge in [0.1, 0.15) is 0 Å². The van der Waals surface area contributed by atoms with Crippen molar-refractivity contribution in [3.8, 4) is 0 Å². The predicted octanol–water partition coefficient (Wildman–Crippen LogP) is 1.95. The lowest BCUT2D eigenvalue weighted by Gasteiger charge is -2.22. The van der Waals surface area contributed by atoms with Crippen molar-refractivity contribution in [1.82, 2.24) is 0 Å². The SMILES string of the molecule is O=CC(F)(F)C(F)(F)OC(F)(F)F. The second kappa shape index (κ2) is 3.13. The van der Waals surface area contributed by atoms with Gasteiger partial charge in [-0.2, -0.15) is 17.6 Å². The maximum absolute atomic E-state index is 11.8. The van der Waals surface area contributed by atoms with E-state index in [4.69, 9.17) is 0 Å². The number of rotatable bonds is 3. The third kappa shape index (κ3) is 3.17. The minimum atomic E-state index is -5.95. The quantitative estimate of drug-likeness (QED) is 0.530. The van der Waals surface area contributed by atoms with Crippen LogP contribution in [-0.2, 0) is 9.53 Å². The minimum absolute atomic E-state index is 1.63. The van der Waals surface area contributed by atoms with E-state index in [0.717, 1.165) is 0 Å². The van der Waals surface area contributed by atoms with Gasteiger partial charge in [0.2, 0.25) is 0 Å². The van der Waals surface area contributed by atoms with E-state index in [9.17, 15) is 35.5 Å². The Balaban J connectivity index is 4.67. The Morgan fingerprint density at radius 2 is 1.31 bits per heavy atom. The third-order valence-electron chi connectivity index (χ3n) is 0.780. The number of carbonyl (C=O) groups excluding carboxylic acids is 1. The van der Waals surface area contributed by atoms with E-state index < -0.39 is 24.7 Å². The van der Waals surface area contributed by atoms with Crippen LogP contribution < -0.4 is 0 Å². The Bertz CT molecular complexity index is 195. The molecule has 0 spiro atoms. The molecule has 2 nitrogen and oxygen atoms in total. The first-order chi connectivity index (χ1) is 5.52. The van der Waals surface area contributed by atoms with Crippen molar-refractivity contribution in [3.05, 3.63) is 0 Å². The molecular formula is C4HF7O2. The number of carbonyl (C=O) groups is 1. The van der Waals surface area contributed by atoms with E-state index in [2.05, 4.69) is 0 Å². The van der Waals surface area contributed by atoms with Crippen molar-refractivity contribution in [2.45, 2.75) is 18.4 Å². The lowest BCUT2D eigenvalue weighted by atomic mass is 10.3. The average molecular weight is 214 g/mol. The lowest BCUT2D eigenvalue weighted by Crippen LogP contribution is -2.47. The van der Waals surface area contributed by atoms with Crippen LogP contribution in [0.4, 0.5) is 30.7 Å². The minimum Gasteiger partial charge on any atom is -0.296 e. The molecule has 9 heteroatoms. The highest BCUT2D eigenvalue weighted by molar-refractivity contribution is 5.61. The first-order valence-corrected chi connectivity index (χ1v) is 2.51. The van der Waals surface area contributed by atoms with E-state index in [1.807, 2.05) is 0 Å². The summed E-state index contributed by atoms with van der Waals surface area (Å²) >= 11 is 0. The Morgan fingerprint density at radius 1 is 0.923 bits per heavy atom. The van der Waals surface area contributed by atoms with Crippen molar-refractivity contribution < 1.29 is 40.3 Å². The van der Waals surface area contributed by atoms with Gasteiger partial charge in [0.05, 0.1) is 0 Å². The van der Waals surface area contributed by atoms with Crippen molar-refractivity contribution in [2.24, 2.45) is 0 Å². The molecule has 0 aromatic carbocycles. The largest absolute Gasteiger partial charge is 0.527 e. The van der Waals surface area contributed by atoms with Gasteiger partial charge in [-0.1, -0.05) is 0 Å². The Hall–Kier alpha value is -0.860. The van der Waals surface area contributed by atoms with Crippen LogP contribution >= 0.6 is 0 Å². The van der Waals surface area contributed by atoms with Crippen LogP contribution in [0.25, 0.3) is 0 Å². The molecule has 0 rings (SSSR count). The Morgan fingerprint density at radius 3 is 1.54 bits per heavy atom. The predicted molar refractivity (Wildman–Crippen MR) is 23.1 cm³/mol. The lowest BCUT2D eigenvalue weighted by molar-refractivity contribution is -0.456. The molecule has 0 aromatic heterocycles. The summed E-state index contributed by atoms with van der Waals surface area (Å²) in [4.78, 5) is 9.28. The number of hydrogen-bond donors (Lipinski definition) is 0. The molecule has 0 saturated carbocycles. The van der Waals surface area contributed by atoms with Gasteiger partial charge in [-0.25, -0.2) is 4.74 Å². The van der Waals surface area contributed by atoms with E-state index in [-0.39, 0.29) is 0 Å². The fourth-order valence-corrected chi connectivity index (χ4v) is 0.282. The highest BCUT2D eigenvalue weighted by Gasteiger charge is 2.63. The van der Waals surface area contributed by atoms with Gasteiger partial charge in [0, 0.05) is 0 Å². The molecule has 0 amide bonds. The molecule has 0 aliphatic rings. The molecule has 0 aliphatic heterocycles. The molecule has 0 saturated heterocycles. The smallest absolute Gasteiger partial charge is 0.296 e. The molecule has 0 aromatic rings. The third-order valence-corrected chi connectivity index (χ3v) is 0.780. The molecular weight excluding hydrogens is 213 g/mol. The van der Waals surface area contributed by atoms with Gasteiger partial charge in [-0.15, -0.1) is 13.2 Å². The summed E-state index contributed by atoms with van der Waals surface area (Å²) in [6.45, 7) is 0. The van der Waals surface area contributed by atoms with Gasteiger partial charge in [-0.3, -0.25) is 4.79 Å². The topological polar surface area (TPSA) is 26.3 Å². The number of hydrogen-bond acceptors (Lipinski definition) is 2. The van der Waals surface area contributed by atoms with Gasteiger partial charge in [-0.05, 0) is 0 Å². The highest BCUT2D eigenvalue weighted by atomic mass is 19.4. The molecule has 13 heavy (non-hydrogen) atoms. The van der Waals surface area contributed by atoms with E-state index >= 15 is 0 Å². The molecule has 0 fully saturated rings. The molecule has 0 aliphatic carbocycles. The molecule has 0 heterocycles. The maximum Gasteiger partial charge on any atom is 0.527 e. The van der Waals surface area contributed by atoms with Crippen LogP contribution in [0.2, 0.25) is 0 Å². The van der Waals surface area contributed by atoms with Crippen molar-refractivity contribution in [2.75, 3.05) is 0 Å². The molecule has 78 valence electrons. The summed E-state index contributed by atoms with van der Waals surface area (Å²) in [6.07, 6.45) is -13.5. The number of aldehydes is 1. The molecule has 0 atom stereocenters. The number of halogens is 7. The van der Waals surface area contributed by atoms with Crippen LogP contribution in [0.1, 0.15) is 0 Å². The van der Waals surface area contributed by atoms with Gasteiger partial charge in [0.15, 0.2) is 6.29 Å². The van der Waals surface area contributed by atoms with Crippen LogP contribution in [0.15, 0.2) is 0 Å². The fraction of sp³-hybridized carbons (Fsp3) is 0.750. The van der Waals surface area contributed by atoms with Gasteiger partial charge in [0.25, 0.3) is 0 Å². The van der Waals surface area contributed by atoms with E-state index in [0.29, 0.717) is 0 Å². The summed E-state index contributed by atoms with van der Waals surface area (Å²) in [6, 6.07) is 0. The van der Waals surface area contributed by atoms with Gasteiger partial charge >= 0.3 is 18.4 Å². The highest BCUT2D eigenvalue weighted by Crippen LogP contribution is 2.38. The summed E-state index contributed by atoms with van der Waals surface area (Å²) in [7, 11) is 0. The van der Waals surface area contributed by atoms with Crippen molar-refractivity contribution >= 4 is 6.29 Å². The summed E-state index contributed by atoms with van der Waals surface area (Å²) < 4.78 is 82.0. The van der Waals surface area contributed by atoms with Crippen molar-refractivity contribution in [3.63, 3.8) is 0 Å². The van der Waals surface area contributed by atoms with Crippen LogP contribution in [0.3, 0.4) is 0 Å². The van der Waals surface area contributed by atoms with Gasteiger partial charge < -0.3 is 0 Å². The first-order valence-electron chi connectivity index (χ1n) is 2.51. The zero-order chi connectivity index (χ0) is 10.9. The maximum atomic E-state index is 11.8. The summed E-state index contributed by atoms with van der Waals surface area (Å²) in [5.41, 5.74) is 0. The molecule has 0 radical (unpaired) electrons. The van der Waals surface area contributed by atoms with Crippen LogP contribution in [-0.4, -0.2) is 24.7 Å². The zero-order valence-corrected chi connectivity index (χ0v) is 5.54. The second-order valence-electron chi connectivity index (χ2n) is 1.81. The average Bonchev–Trinajstić information content (AvgIpc) is 1.81. The van der Waals surface area contributed by atoms with E-state index in [1.165, 1.54) is 0 Å². The monoisotopic (exact) mass is 214 g/mol. The van der Waals surface area contributed by atoms with Crippen LogP contribution in [0.5, 0.6) is 0 Å². The Labute approximate surface area is 66.3 Å². The standard InChI is InChI=1S/C4HF7O2/c5-2(6,1-12)3(7,8)13-4(9,10)11/h1H. The Kier molecular flexibility index (Phi) is 2.92. The first kappa shape index (κ1) is 12.1. The van der Waals surface area contributed by atoms with Crippen LogP contribution in [0, 0.1) is 0 Å². The van der Waals surface area contributed by atoms with Crippen molar-refractivity contribution in [1.29, 1.82) is 0 Å². The molecule has 0 bridgehead atoms. The number of ether oxygens (including phenoxy) is 1. The zero-order valence-electron chi connectivity index (χ0n) is 5.54. The summed E-state index contributed by atoms with van der Waals surface area (Å²) in [5, 5.41) is 0. The molecule has 0 unspecified atom stereocenters. The normalized spacial score (nSPS) is 14.4. The fourth-order valence-electron chi connectivity index (χ4n) is 0.282.